The summed E-state index contributed by atoms with van der Waals surface area (Å²) in [7, 11) is 0. The molecule has 98 valence electrons. The van der Waals surface area contributed by atoms with E-state index in [0.29, 0.717) is 12.6 Å². The van der Waals surface area contributed by atoms with Crippen LogP contribution in [0, 0.1) is 0 Å². The van der Waals surface area contributed by atoms with Crippen LogP contribution in [0.2, 0.25) is 0 Å². The predicted molar refractivity (Wildman–Crippen MR) is 78.4 cm³/mol. The summed E-state index contributed by atoms with van der Waals surface area (Å²) in [5.74, 6) is 0. The number of hydrogen-bond acceptors (Lipinski definition) is 3. The van der Waals surface area contributed by atoms with Gasteiger partial charge in [0.25, 0.3) is 5.56 Å². The first-order valence-electron chi connectivity index (χ1n) is 6.29. The summed E-state index contributed by atoms with van der Waals surface area (Å²) in [6.45, 7) is 0.476. The lowest BCUT2D eigenvalue weighted by Gasteiger charge is -2.08. The van der Waals surface area contributed by atoms with Crippen molar-refractivity contribution in [1.82, 2.24) is 9.78 Å². The number of rotatable bonds is 4. The smallest absolute Gasteiger partial charge is 0.269 e. The van der Waals surface area contributed by atoms with Crippen LogP contribution in [0.3, 0.4) is 0 Å². The first kappa shape index (κ1) is 12.4. The summed E-state index contributed by atoms with van der Waals surface area (Å²) < 4.78 is 2.46. The van der Waals surface area contributed by atoms with Crippen LogP contribution in [0.15, 0.2) is 45.8 Å². The van der Waals surface area contributed by atoms with E-state index in [4.69, 9.17) is 0 Å². The van der Waals surface area contributed by atoms with E-state index in [-0.39, 0.29) is 5.56 Å². The van der Waals surface area contributed by atoms with Gasteiger partial charge in [-0.25, -0.2) is 4.68 Å². The molecule has 0 atom stereocenters. The molecule has 0 amide bonds. The standard InChI is InChI=1S/C14H14BrN3O/c15-13-4-2-1-3-10(13)9-18-14(19)7-12(8-16-18)17-11-5-6-11/h1-4,7-8,11,17H,5-6,9H2. The summed E-state index contributed by atoms with van der Waals surface area (Å²) in [4.78, 5) is 12.0. The first-order valence-corrected chi connectivity index (χ1v) is 7.09. The maximum atomic E-state index is 12.0. The van der Waals surface area contributed by atoms with E-state index in [0.717, 1.165) is 15.7 Å². The molecule has 0 spiro atoms. The second-order valence-electron chi connectivity index (χ2n) is 4.75. The van der Waals surface area contributed by atoms with Gasteiger partial charge < -0.3 is 5.32 Å². The Morgan fingerprint density at radius 3 is 2.84 bits per heavy atom. The van der Waals surface area contributed by atoms with Crippen LogP contribution in [0.4, 0.5) is 5.69 Å². The maximum Gasteiger partial charge on any atom is 0.269 e. The highest BCUT2D eigenvalue weighted by Crippen LogP contribution is 2.23. The molecule has 0 unspecified atom stereocenters. The van der Waals surface area contributed by atoms with E-state index >= 15 is 0 Å². The van der Waals surface area contributed by atoms with E-state index in [1.54, 1.807) is 12.3 Å². The second kappa shape index (κ2) is 5.17. The molecule has 1 fully saturated rings. The molecule has 0 radical (unpaired) electrons. The zero-order valence-corrected chi connectivity index (χ0v) is 11.9. The Balaban J connectivity index is 1.81. The van der Waals surface area contributed by atoms with Gasteiger partial charge in [0.1, 0.15) is 0 Å². The van der Waals surface area contributed by atoms with Crippen molar-refractivity contribution >= 4 is 21.6 Å². The molecule has 2 aromatic rings. The highest BCUT2D eigenvalue weighted by Gasteiger charge is 2.21. The molecule has 5 heteroatoms. The Hall–Kier alpha value is -1.62. The lowest BCUT2D eigenvalue weighted by atomic mass is 10.2. The molecule has 0 bridgehead atoms. The number of nitrogens with one attached hydrogen (secondary N) is 1. The van der Waals surface area contributed by atoms with Crippen LogP contribution in [0.1, 0.15) is 18.4 Å². The molecule has 0 aliphatic heterocycles. The fraction of sp³-hybridized carbons (Fsp3) is 0.286. The van der Waals surface area contributed by atoms with Crippen LogP contribution < -0.4 is 10.9 Å². The quantitative estimate of drug-likeness (QED) is 0.942. The number of nitrogens with zero attached hydrogens (tertiary/aromatic N) is 2. The third-order valence-electron chi connectivity index (χ3n) is 3.10. The first-order chi connectivity index (χ1) is 9.22. The minimum atomic E-state index is -0.0820. The predicted octanol–water partition coefficient (Wildman–Crippen LogP) is 2.63. The molecule has 1 aromatic heterocycles. The minimum absolute atomic E-state index is 0.0820. The van der Waals surface area contributed by atoms with Gasteiger partial charge in [0.05, 0.1) is 18.4 Å². The van der Waals surface area contributed by atoms with Crippen LogP contribution in [0.5, 0.6) is 0 Å². The summed E-state index contributed by atoms with van der Waals surface area (Å²) >= 11 is 3.48. The van der Waals surface area contributed by atoms with Crippen LogP contribution in [-0.2, 0) is 6.54 Å². The molecular formula is C14H14BrN3O. The Morgan fingerprint density at radius 2 is 2.16 bits per heavy atom. The monoisotopic (exact) mass is 319 g/mol. The van der Waals surface area contributed by atoms with Gasteiger partial charge in [-0.3, -0.25) is 4.79 Å². The van der Waals surface area contributed by atoms with Gasteiger partial charge >= 0.3 is 0 Å². The van der Waals surface area contributed by atoms with Crippen molar-refractivity contribution in [3.05, 3.63) is 56.9 Å². The topological polar surface area (TPSA) is 46.9 Å². The average molecular weight is 320 g/mol. The van der Waals surface area contributed by atoms with Gasteiger partial charge in [-0.1, -0.05) is 34.1 Å². The third kappa shape index (κ3) is 3.04. The van der Waals surface area contributed by atoms with Gasteiger partial charge in [-0.05, 0) is 24.5 Å². The fourth-order valence-electron chi connectivity index (χ4n) is 1.88. The molecule has 1 heterocycles. The Bertz CT molecular complexity index is 649. The number of halogens is 1. The second-order valence-corrected chi connectivity index (χ2v) is 5.60. The van der Waals surface area contributed by atoms with Crippen LogP contribution >= 0.6 is 15.9 Å². The molecular weight excluding hydrogens is 306 g/mol. The third-order valence-corrected chi connectivity index (χ3v) is 3.87. The van der Waals surface area contributed by atoms with E-state index in [1.165, 1.54) is 17.5 Å². The van der Waals surface area contributed by atoms with Crippen molar-refractivity contribution in [2.45, 2.75) is 25.4 Å². The molecule has 1 N–H and O–H groups in total. The zero-order chi connectivity index (χ0) is 13.2. The molecule has 0 saturated heterocycles. The number of hydrogen-bond donors (Lipinski definition) is 1. The van der Waals surface area contributed by atoms with Crippen molar-refractivity contribution in [2.24, 2.45) is 0 Å². The van der Waals surface area contributed by atoms with Gasteiger partial charge in [0, 0.05) is 16.6 Å². The van der Waals surface area contributed by atoms with Gasteiger partial charge in [-0.15, -0.1) is 0 Å². The fourth-order valence-corrected chi connectivity index (χ4v) is 2.29. The lowest BCUT2D eigenvalue weighted by molar-refractivity contribution is 0.638. The minimum Gasteiger partial charge on any atom is -0.381 e. The number of benzene rings is 1. The molecule has 1 aliphatic carbocycles. The van der Waals surface area contributed by atoms with Crippen molar-refractivity contribution < 1.29 is 0 Å². The summed E-state index contributed by atoms with van der Waals surface area (Å²) in [6, 6.07) is 9.99. The number of aromatic nitrogens is 2. The van der Waals surface area contributed by atoms with E-state index in [2.05, 4.69) is 26.3 Å². The lowest BCUT2D eigenvalue weighted by Crippen LogP contribution is -2.23. The van der Waals surface area contributed by atoms with Gasteiger partial charge in [0.2, 0.25) is 0 Å². The van der Waals surface area contributed by atoms with Crippen molar-refractivity contribution in [2.75, 3.05) is 5.32 Å². The maximum absolute atomic E-state index is 12.0. The van der Waals surface area contributed by atoms with Crippen LogP contribution in [0.25, 0.3) is 0 Å². The molecule has 19 heavy (non-hydrogen) atoms. The molecule has 1 saturated carbocycles. The molecule has 3 rings (SSSR count). The summed E-state index contributed by atoms with van der Waals surface area (Å²) in [5.41, 5.74) is 1.78. The number of anilines is 1. The highest BCUT2D eigenvalue weighted by atomic mass is 79.9. The van der Waals surface area contributed by atoms with Gasteiger partial charge in [-0.2, -0.15) is 5.10 Å². The van der Waals surface area contributed by atoms with Gasteiger partial charge in [0.15, 0.2) is 0 Å². The van der Waals surface area contributed by atoms with E-state index in [9.17, 15) is 4.79 Å². The SMILES string of the molecule is O=c1cc(NC2CC2)cnn1Cc1ccccc1Br. The average Bonchev–Trinajstić information content (AvgIpc) is 3.19. The largest absolute Gasteiger partial charge is 0.381 e. The molecule has 4 nitrogen and oxygen atoms in total. The van der Waals surface area contributed by atoms with Crippen molar-refractivity contribution in [3.8, 4) is 0 Å². The zero-order valence-electron chi connectivity index (χ0n) is 10.3. The van der Waals surface area contributed by atoms with Crippen molar-refractivity contribution in [1.29, 1.82) is 0 Å². The normalized spacial score (nSPS) is 14.4. The van der Waals surface area contributed by atoms with Crippen LogP contribution in [-0.4, -0.2) is 15.8 Å². The summed E-state index contributed by atoms with van der Waals surface area (Å²) in [5, 5.41) is 7.49. The van der Waals surface area contributed by atoms with E-state index in [1.807, 2.05) is 24.3 Å². The Morgan fingerprint density at radius 1 is 1.37 bits per heavy atom. The Kier molecular flexibility index (Phi) is 3.38. The van der Waals surface area contributed by atoms with Crippen molar-refractivity contribution in [3.63, 3.8) is 0 Å². The molecule has 1 aromatic carbocycles. The Labute approximate surface area is 119 Å². The molecule has 1 aliphatic rings. The highest BCUT2D eigenvalue weighted by molar-refractivity contribution is 9.10. The van der Waals surface area contributed by atoms with E-state index < -0.39 is 0 Å². The summed E-state index contributed by atoms with van der Waals surface area (Å²) in [6.07, 6.45) is 4.08.